The zero-order valence-corrected chi connectivity index (χ0v) is 25.1. The van der Waals surface area contributed by atoms with E-state index in [1.807, 2.05) is 60.7 Å². The van der Waals surface area contributed by atoms with Gasteiger partial charge in [-0.3, -0.25) is 19.8 Å². The number of carbonyl (C=O) groups is 4. The van der Waals surface area contributed by atoms with Crippen molar-refractivity contribution in [2.45, 2.75) is 90.2 Å². The van der Waals surface area contributed by atoms with Gasteiger partial charge in [0.2, 0.25) is 5.91 Å². The van der Waals surface area contributed by atoms with E-state index in [1.165, 1.54) is 9.80 Å². The van der Waals surface area contributed by atoms with Crippen LogP contribution < -0.4 is 5.32 Å². The monoisotopic (exact) mass is 581 g/mol. The molecule has 228 valence electrons. The molecule has 0 bridgehead atoms. The summed E-state index contributed by atoms with van der Waals surface area (Å²) in [6.45, 7) is 9.04. The lowest BCUT2D eigenvalue weighted by molar-refractivity contribution is -0.150. The molecule has 3 rings (SSSR count). The molecule has 2 N–H and O–H groups in total. The number of nitrogens with zero attached hydrogens (tertiary/aromatic N) is 2. The van der Waals surface area contributed by atoms with Gasteiger partial charge in [0.25, 0.3) is 0 Å². The van der Waals surface area contributed by atoms with Crippen LogP contribution in [-0.4, -0.2) is 81.8 Å². The summed E-state index contributed by atoms with van der Waals surface area (Å²) in [6.07, 6.45) is 0.459. The summed E-state index contributed by atoms with van der Waals surface area (Å²) in [5.41, 5.74) is 1.14. The Balaban J connectivity index is 1.78. The summed E-state index contributed by atoms with van der Waals surface area (Å²) in [7, 11) is 0. The van der Waals surface area contributed by atoms with Gasteiger partial charge in [0.05, 0.1) is 18.7 Å². The Bertz CT molecular complexity index is 1200. The Hall–Kier alpha value is -3.92. The second kappa shape index (κ2) is 14.8. The van der Waals surface area contributed by atoms with Crippen LogP contribution in [0.2, 0.25) is 0 Å². The lowest BCUT2D eigenvalue weighted by atomic mass is 10.0. The zero-order valence-electron chi connectivity index (χ0n) is 25.1. The first-order valence-electron chi connectivity index (χ1n) is 14.4. The molecule has 0 spiro atoms. The molecule has 0 unspecified atom stereocenters. The molecule has 0 aliphatic carbocycles. The van der Waals surface area contributed by atoms with E-state index in [2.05, 4.69) is 5.32 Å². The van der Waals surface area contributed by atoms with Gasteiger partial charge in [0, 0.05) is 19.5 Å². The van der Waals surface area contributed by atoms with Crippen molar-refractivity contribution in [1.82, 2.24) is 15.1 Å². The molecule has 2 aromatic carbocycles. The molecule has 10 nitrogen and oxygen atoms in total. The quantitative estimate of drug-likeness (QED) is 0.360. The third kappa shape index (κ3) is 9.30. The van der Waals surface area contributed by atoms with E-state index < -0.39 is 53.7 Å². The number of hydrogen-bond acceptors (Lipinski definition) is 7. The lowest BCUT2D eigenvalue weighted by Gasteiger charge is -2.32. The van der Waals surface area contributed by atoms with Crippen molar-refractivity contribution in [2.75, 3.05) is 13.2 Å². The van der Waals surface area contributed by atoms with E-state index in [9.17, 15) is 24.3 Å². The number of carboxylic acid groups (broad SMARTS) is 1. The molecule has 2 aromatic rings. The second-order valence-corrected chi connectivity index (χ2v) is 11.5. The minimum atomic E-state index is -1.16. The van der Waals surface area contributed by atoms with Crippen molar-refractivity contribution in [3.05, 3.63) is 71.8 Å². The van der Waals surface area contributed by atoms with E-state index in [1.54, 1.807) is 34.6 Å². The number of amides is 2. The average Bonchev–Trinajstić information content (AvgIpc) is 3.39. The maximum atomic E-state index is 13.7. The third-order valence-corrected chi connectivity index (χ3v) is 7.07. The van der Waals surface area contributed by atoms with Crippen LogP contribution in [0.15, 0.2) is 60.7 Å². The minimum absolute atomic E-state index is 0.0159. The largest absolute Gasteiger partial charge is 0.480 e. The number of carbonyl (C=O) groups excluding carboxylic acids is 3. The molecule has 0 radical (unpaired) electrons. The molecule has 4 atom stereocenters. The van der Waals surface area contributed by atoms with Crippen LogP contribution in [-0.2, 0) is 36.8 Å². The van der Waals surface area contributed by atoms with Crippen molar-refractivity contribution in [1.29, 1.82) is 0 Å². The number of nitrogens with one attached hydrogen (secondary N) is 1. The van der Waals surface area contributed by atoms with Crippen molar-refractivity contribution in [3.8, 4) is 0 Å². The van der Waals surface area contributed by atoms with Crippen LogP contribution in [0, 0.1) is 0 Å². The van der Waals surface area contributed by atoms with Gasteiger partial charge in [0.15, 0.2) is 0 Å². The second-order valence-electron chi connectivity index (χ2n) is 11.5. The Labute approximate surface area is 248 Å². The molecular weight excluding hydrogens is 538 g/mol. The standard InChI is InChI=1S/C32H43N3O7/c1-6-41-30(39)26(18-17-23-13-9-7-10-14-23)33-22(2)28(36)35-21-25(19-27(35)29(37)38)34(31(40)42-32(3,4)5)20-24-15-11-8-12-16-24/h7-16,22,25-27,33H,6,17-21H2,1-5H3,(H,37,38)/t22-,25-,26-,27-/m0/s1. The van der Waals surface area contributed by atoms with Gasteiger partial charge in [0.1, 0.15) is 17.7 Å². The fraction of sp³-hybridized carbons (Fsp3) is 0.500. The molecule has 0 saturated carbocycles. The van der Waals surface area contributed by atoms with Crippen LogP contribution in [0.25, 0.3) is 0 Å². The van der Waals surface area contributed by atoms with E-state index in [0.29, 0.717) is 12.8 Å². The van der Waals surface area contributed by atoms with Gasteiger partial charge < -0.3 is 19.5 Å². The van der Waals surface area contributed by atoms with Crippen LogP contribution in [0.3, 0.4) is 0 Å². The molecule has 1 saturated heterocycles. The van der Waals surface area contributed by atoms with E-state index in [4.69, 9.17) is 9.47 Å². The molecule has 42 heavy (non-hydrogen) atoms. The number of aryl methyl sites for hydroxylation is 1. The first-order chi connectivity index (χ1) is 19.9. The molecule has 0 aromatic heterocycles. The highest BCUT2D eigenvalue weighted by Crippen LogP contribution is 2.27. The zero-order chi connectivity index (χ0) is 30.9. The number of hydrogen-bond donors (Lipinski definition) is 2. The maximum absolute atomic E-state index is 13.7. The SMILES string of the molecule is CCOC(=O)[C@H](CCc1ccccc1)N[C@@H](C)C(=O)N1C[C@@H](N(Cc2ccccc2)C(=O)OC(C)(C)C)C[C@H]1C(=O)O. The predicted molar refractivity (Wildman–Crippen MR) is 158 cm³/mol. The van der Waals surface area contributed by atoms with E-state index in [-0.39, 0.29) is 26.1 Å². The maximum Gasteiger partial charge on any atom is 0.410 e. The summed E-state index contributed by atoms with van der Waals surface area (Å²) in [4.78, 5) is 54.8. The normalized spacial score (nSPS) is 18.2. The number of aliphatic carboxylic acids is 1. The van der Waals surface area contributed by atoms with Gasteiger partial charge in [-0.15, -0.1) is 0 Å². The van der Waals surface area contributed by atoms with Gasteiger partial charge in [-0.2, -0.15) is 0 Å². The van der Waals surface area contributed by atoms with Crippen LogP contribution in [0.1, 0.15) is 58.6 Å². The first kappa shape index (κ1) is 32.6. The van der Waals surface area contributed by atoms with Crippen LogP contribution in [0.5, 0.6) is 0 Å². The van der Waals surface area contributed by atoms with E-state index in [0.717, 1.165) is 11.1 Å². The molecule has 1 aliphatic rings. The molecule has 10 heteroatoms. The molecule has 1 heterocycles. The molecular formula is C32H43N3O7. The highest BCUT2D eigenvalue weighted by Gasteiger charge is 2.45. The molecule has 2 amide bonds. The Morgan fingerprint density at radius 2 is 1.62 bits per heavy atom. The number of esters is 1. The lowest BCUT2D eigenvalue weighted by Crippen LogP contribution is -2.53. The minimum Gasteiger partial charge on any atom is -0.480 e. The number of likely N-dealkylation sites (tertiary alicyclic amines) is 1. The summed E-state index contributed by atoms with van der Waals surface area (Å²) in [6, 6.07) is 15.7. The highest BCUT2D eigenvalue weighted by atomic mass is 16.6. The van der Waals surface area contributed by atoms with Crippen LogP contribution in [0.4, 0.5) is 4.79 Å². The average molecular weight is 582 g/mol. The smallest absolute Gasteiger partial charge is 0.410 e. The fourth-order valence-corrected chi connectivity index (χ4v) is 5.05. The Morgan fingerprint density at radius 1 is 1.02 bits per heavy atom. The van der Waals surface area contributed by atoms with Gasteiger partial charge >= 0.3 is 18.0 Å². The highest BCUT2D eigenvalue weighted by molar-refractivity contribution is 5.88. The summed E-state index contributed by atoms with van der Waals surface area (Å²) < 4.78 is 10.9. The van der Waals surface area contributed by atoms with Gasteiger partial charge in [-0.1, -0.05) is 60.7 Å². The summed E-state index contributed by atoms with van der Waals surface area (Å²) >= 11 is 0. The van der Waals surface area contributed by atoms with Gasteiger partial charge in [-0.05, 0) is 58.6 Å². The van der Waals surface area contributed by atoms with Crippen molar-refractivity contribution in [2.24, 2.45) is 0 Å². The van der Waals surface area contributed by atoms with E-state index >= 15 is 0 Å². The Kier molecular flexibility index (Phi) is 11.5. The molecule has 1 aliphatic heterocycles. The molecule has 1 fully saturated rings. The summed E-state index contributed by atoms with van der Waals surface area (Å²) in [5, 5.41) is 13.1. The number of carboxylic acids is 1. The van der Waals surface area contributed by atoms with Crippen molar-refractivity contribution >= 4 is 23.9 Å². The van der Waals surface area contributed by atoms with Crippen LogP contribution >= 0.6 is 0 Å². The van der Waals surface area contributed by atoms with Crippen molar-refractivity contribution < 1.29 is 33.8 Å². The topological polar surface area (TPSA) is 125 Å². The number of rotatable bonds is 12. The van der Waals surface area contributed by atoms with Gasteiger partial charge in [-0.25, -0.2) is 9.59 Å². The predicted octanol–water partition coefficient (Wildman–Crippen LogP) is 4.02. The number of benzene rings is 2. The summed E-state index contributed by atoms with van der Waals surface area (Å²) in [5.74, 6) is -2.10. The Morgan fingerprint density at radius 3 is 2.17 bits per heavy atom. The first-order valence-corrected chi connectivity index (χ1v) is 14.4. The van der Waals surface area contributed by atoms with Crippen molar-refractivity contribution in [3.63, 3.8) is 0 Å². The third-order valence-electron chi connectivity index (χ3n) is 7.07. The number of ether oxygens (including phenoxy) is 2. The fourth-order valence-electron chi connectivity index (χ4n) is 5.05.